The third kappa shape index (κ3) is 2.80. The maximum atomic E-state index is 11.2. The maximum absolute atomic E-state index is 11.2. The highest BCUT2D eigenvalue weighted by Crippen LogP contribution is 2.15. The van der Waals surface area contributed by atoms with Crippen molar-refractivity contribution >= 4 is 18.2 Å². The van der Waals surface area contributed by atoms with Crippen molar-refractivity contribution in [3.8, 4) is 0 Å². The van der Waals surface area contributed by atoms with E-state index in [0.717, 1.165) is 19.5 Å². The Hall–Kier alpha value is -0.0800. The molecule has 1 N–H and O–H groups in total. The molecule has 66 valence electrons. The highest BCUT2D eigenvalue weighted by molar-refractivity contribution is 5.85. The van der Waals surface area contributed by atoms with Crippen molar-refractivity contribution in [2.24, 2.45) is 11.8 Å². The summed E-state index contributed by atoms with van der Waals surface area (Å²) in [5, 5.41) is 3.23. The third-order valence-corrected chi connectivity index (χ3v) is 2.13. The second kappa shape index (κ2) is 4.73. The van der Waals surface area contributed by atoms with Gasteiger partial charge in [0.05, 0.1) is 0 Å². The van der Waals surface area contributed by atoms with Crippen LogP contribution in [0.3, 0.4) is 0 Å². The molecule has 0 saturated carbocycles. The fourth-order valence-electron chi connectivity index (χ4n) is 1.38. The number of ketones is 1. The third-order valence-electron chi connectivity index (χ3n) is 2.13. The highest BCUT2D eigenvalue weighted by Gasteiger charge is 2.24. The van der Waals surface area contributed by atoms with Gasteiger partial charge in [-0.2, -0.15) is 0 Å². The zero-order valence-corrected chi connectivity index (χ0v) is 7.91. The minimum absolute atomic E-state index is 0. The number of hydrogen-bond acceptors (Lipinski definition) is 2. The quantitative estimate of drug-likeness (QED) is 0.653. The number of nitrogens with one attached hydrogen (secondary N) is 1. The molecule has 2 nitrogen and oxygen atoms in total. The minimum Gasteiger partial charge on any atom is -0.316 e. The van der Waals surface area contributed by atoms with Crippen LogP contribution in [0, 0.1) is 11.8 Å². The van der Waals surface area contributed by atoms with Crippen LogP contribution in [0.4, 0.5) is 0 Å². The first-order valence-electron chi connectivity index (χ1n) is 3.95. The van der Waals surface area contributed by atoms with Crippen LogP contribution in [-0.2, 0) is 4.79 Å². The van der Waals surface area contributed by atoms with Gasteiger partial charge in [0.1, 0.15) is 5.78 Å². The molecule has 0 aliphatic carbocycles. The van der Waals surface area contributed by atoms with Gasteiger partial charge in [-0.15, -0.1) is 12.4 Å². The van der Waals surface area contributed by atoms with Gasteiger partial charge in [0, 0.05) is 25.4 Å². The van der Waals surface area contributed by atoms with Crippen LogP contribution in [-0.4, -0.2) is 18.9 Å². The van der Waals surface area contributed by atoms with Gasteiger partial charge in [-0.1, -0.05) is 13.8 Å². The molecule has 1 heterocycles. The summed E-state index contributed by atoms with van der Waals surface area (Å²) in [7, 11) is 0. The molecule has 0 radical (unpaired) electrons. The van der Waals surface area contributed by atoms with Crippen molar-refractivity contribution in [3.63, 3.8) is 0 Å². The SMILES string of the molecule is CC(C)C1CNCCC1=O.Cl. The molecule has 0 aromatic heterocycles. The van der Waals surface area contributed by atoms with E-state index in [4.69, 9.17) is 0 Å². The van der Waals surface area contributed by atoms with Gasteiger partial charge in [-0.05, 0) is 5.92 Å². The highest BCUT2D eigenvalue weighted by atomic mass is 35.5. The topological polar surface area (TPSA) is 29.1 Å². The van der Waals surface area contributed by atoms with Gasteiger partial charge in [-0.25, -0.2) is 0 Å². The molecule has 1 saturated heterocycles. The zero-order chi connectivity index (χ0) is 7.56. The number of hydrogen-bond donors (Lipinski definition) is 1. The van der Waals surface area contributed by atoms with E-state index in [1.807, 2.05) is 0 Å². The average molecular weight is 178 g/mol. The van der Waals surface area contributed by atoms with Crippen LogP contribution in [0.15, 0.2) is 0 Å². The molecule has 3 heteroatoms. The monoisotopic (exact) mass is 177 g/mol. The lowest BCUT2D eigenvalue weighted by Gasteiger charge is -2.24. The van der Waals surface area contributed by atoms with Crippen molar-refractivity contribution in [1.82, 2.24) is 5.32 Å². The van der Waals surface area contributed by atoms with E-state index in [9.17, 15) is 4.79 Å². The van der Waals surface area contributed by atoms with E-state index in [0.29, 0.717) is 11.7 Å². The van der Waals surface area contributed by atoms with Gasteiger partial charge in [0.15, 0.2) is 0 Å². The molecular formula is C8H16ClNO. The first kappa shape index (κ1) is 10.9. The second-order valence-electron chi connectivity index (χ2n) is 3.27. The molecule has 0 aromatic carbocycles. The number of carbonyl (C=O) groups excluding carboxylic acids is 1. The molecule has 1 aliphatic rings. The minimum atomic E-state index is 0. The van der Waals surface area contributed by atoms with E-state index in [-0.39, 0.29) is 18.3 Å². The predicted molar refractivity (Wildman–Crippen MR) is 48.1 cm³/mol. The number of piperidine rings is 1. The molecule has 1 fully saturated rings. The van der Waals surface area contributed by atoms with Crippen LogP contribution < -0.4 is 5.32 Å². The fraction of sp³-hybridized carbons (Fsp3) is 0.875. The van der Waals surface area contributed by atoms with Crippen molar-refractivity contribution in [3.05, 3.63) is 0 Å². The van der Waals surface area contributed by atoms with Crippen LogP contribution in [0.2, 0.25) is 0 Å². The summed E-state index contributed by atoms with van der Waals surface area (Å²) in [5.41, 5.74) is 0. The Balaban J connectivity index is 0.000001000. The number of Topliss-reactive ketones (excluding diaryl/α,β-unsaturated/α-hetero) is 1. The second-order valence-corrected chi connectivity index (χ2v) is 3.27. The summed E-state index contributed by atoms with van der Waals surface area (Å²) < 4.78 is 0. The molecule has 1 rings (SSSR count). The van der Waals surface area contributed by atoms with Crippen LogP contribution >= 0.6 is 12.4 Å². The standard InChI is InChI=1S/C8H15NO.ClH/c1-6(2)7-5-9-4-3-8(7)10;/h6-7,9H,3-5H2,1-2H3;1H. The summed E-state index contributed by atoms with van der Waals surface area (Å²) in [6, 6.07) is 0. The van der Waals surface area contributed by atoms with E-state index in [2.05, 4.69) is 19.2 Å². The lowest BCUT2D eigenvalue weighted by atomic mass is 9.88. The maximum Gasteiger partial charge on any atom is 0.138 e. The Kier molecular flexibility index (Phi) is 4.69. The Morgan fingerprint density at radius 1 is 1.55 bits per heavy atom. The predicted octanol–water partition coefficient (Wildman–Crippen LogP) is 1.24. The van der Waals surface area contributed by atoms with Gasteiger partial charge >= 0.3 is 0 Å². The summed E-state index contributed by atoms with van der Waals surface area (Å²) in [5.74, 6) is 1.21. The number of halogens is 1. The number of rotatable bonds is 1. The van der Waals surface area contributed by atoms with Gasteiger partial charge in [0.2, 0.25) is 0 Å². The lowest BCUT2D eigenvalue weighted by molar-refractivity contribution is -0.125. The summed E-state index contributed by atoms with van der Waals surface area (Å²) >= 11 is 0. The summed E-state index contributed by atoms with van der Waals surface area (Å²) in [6.45, 7) is 5.98. The molecule has 0 bridgehead atoms. The van der Waals surface area contributed by atoms with E-state index in [1.165, 1.54) is 0 Å². The normalized spacial score (nSPS) is 25.0. The fourth-order valence-corrected chi connectivity index (χ4v) is 1.38. The Morgan fingerprint density at radius 2 is 2.18 bits per heavy atom. The smallest absolute Gasteiger partial charge is 0.138 e. The molecule has 11 heavy (non-hydrogen) atoms. The van der Waals surface area contributed by atoms with Crippen molar-refractivity contribution in [2.75, 3.05) is 13.1 Å². The largest absolute Gasteiger partial charge is 0.316 e. The molecule has 0 aromatic rings. The van der Waals surface area contributed by atoms with Crippen molar-refractivity contribution in [1.29, 1.82) is 0 Å². The Labute approximate surface area is 74.2 Å². The molecule has 1 atom stereocenters. The van der Waals surface area contributed by atoms with Gasteiger partial charge in [0.25, 0.3) is 0 Å². The molecule has 0 spiro atoms. The van der Waals surface area contributed by atoms with Crippen molar-refractivity contribution in [2.45, 2.75) is 20.3 Å². The van der Waals surface area contributed by atoms with E-state index in [1.54, 1.807) is 0 Å². The van der Waals surface area contributed by atoms with Crippen molar-refractivity contribution < 1.29 is 4.79 Å². The van der Waals surface area contributed by atoms with Gasteiger partial charge < -0.3 is 5.32 Å². The Bertz CT molecular complexity index is 136. The average Bonchev–Trinajstić information content (AvgIpc) is 1.88. The molecule has 1 aliphatic heterocycles. The van der Waals surface area contributed by atoms with Crippen LogP contribution in [0.1, 0.15) is 20.3 Å². The number of carbonyl (C=O) groups is 1. The molecule has 0 amide bonds. The molecule has 1 unspecified atom stereocenters. The zero-order valence-electron chi connectivity index (χ0n) is 7.09. The van der Waals surface area contributed by atoms with Crippen LogP contribution in [0.25, 0.3) is 0 Å². The Morgan fingerprint density at radius 3 is 2.55 bits per heavy atom. The van der Waals surface area contributed by atoms with Gasteiger partial charge in [-0.3, -0.25) is 4.79 Å². The van der Waals surface area contributed by atoms with Crippen LogP contribution in [0.5, 0.6) is 0 Å². The molecular weight excluding hydrogens is 162 g/mol. The first-order chi connectivity index (χ1) is 4.72. The first-order valence-corrected chi connectivity index (χ1v) is 3.95. The summed E-state index contributed by atoms with van der Waals surface area (Å²) in [6.07, 6.45) is 0.725. The van der Waals surface area contributed by atoms with E-state index >= 15 is 0 Å². The summed E-state index contributed by atoms with van der Waals surface area (Å²) in [4.78, 5) is 11.2. The lowest BCUT2D eigenvalue weighted by Crippen LogP contribution is -2.39. The van der Waals surface area contributed by atoms with E-state index < -0.39 is 0 Å².